The second-order valence-corrected chi connectivity index (χ2v) is 5.36. The van der Waals surface area contributed by atoms with Crippen molar-refractivity contribution < 1.29 is 14.0 Å². The fraction of sp³-hybridized carbons (Fsp3) is 0.467. The van der Waals surface area contributed by atoms with Gasteiger partial charge in [0.15, 0.2) is 0 Å². The molecule has 6 heteroatoms. The molecule has 1 aromatic carbocycles. The molecular weight excluding hydrogens is 273 g/mol. The minimum Gasteiger partial charge on any atom is -0.354 e. The molecule has 116 valence electrons. The summed E-state index contributed by atoms with van der Waals surface area (Å²) in [5.41, 5.74) is 5.88. The lowest BCUT2D eigenvalue weighted by molar-refractivity contribution is -0.123. The van der Waals surface area contributed by atoms with Crippen molar-refractivity contribution in [2.24, 2.45) is 11.7 Å². The SMILES string of the molecule is CC(C)C[C@@H](NC(N)=O)C(=O)NCCc1cccc(F)c1. The van der Waals surface area contributed by atoms with Crippen LogP contribution in [0.4, 0.5) is 9.18 Å². The number of nitrogens with one attached hydrogen (secondary N) is 2. The Morgan fingerprint density at radius 1 is 1.33 bits per heavy atom. The number of urea groups is 1. The summed E-state index contributed by atoms with van der Waals surface area (Å²) in [5.74, 6) is -0.332. The maximum atomic E-state index is 13.0. The van der Waals surface area contributed by atoms with E-state index in [1.54, 1.807) is 12.1 Å². The van der Waals surface area contributed by atoms with E-state index in [-0.39, 0.29) is 17.6 Å². The molecule has 1 atom stereocenters. The highest BCUT2D eigenvalue weighted by molar-refractivity contribution is 5.86. The van der Waals surface area contributed by atoms with E-state index in [1.165, 1.54) is 12.1 Å². The molecule has 0 radical (unpaired) electrons. The summed E-state index contributed by atoms with van der Waals surface area (Å²) < 4.78 is 13.0. The van der Waals surface area contributed by atoms with Crippen LogP contribution in [0.3, 0.4) is 0 Å². The van der Waals surface area contributed by atoms with Crippen LogP contribution >= 0.6 is 0 Å². The van der Waals surface area contributed by atoms with E-state index in [0.29, 0.717) is 19.4 Å². The topological polar surface area (TPSA) is 84.2 Å². The summed E-state index contributed by atoms with van der Waals surface area (Å²) in [4.78, 5) is 22.9. The van der Waals surface area contributed by atoms with Gasteiger partial charge in [-0.3, -0.25) is 4.79 Å². The minimum atomic E-state index is -0.721. The molecular formula is C15H22FN3O2. The van der Waals surface area contributed by atoms with Crippen molar-refractivity contribution in [1.82, 2.24) is 10.6 Å². The van der Waals surface area contributed by atoms with Gasteiger partial charge in [0.05, 0.1) is 0 Å². The molecule has 3 amide bonds. The van der Waals surface area contributed by atoms with Gasteiger partial charge in [-0.1, -0.05) is 26.0 Å². The lowest BCUT2D eigenvalue weighted by atomic mass is 10.0. The Kier molecular flexibility index (Phi) is 6.65. The second kappa shape index (κ2) is 8.24. The number of primary amides is 1. The zero-order chi connectivity index (χ0) is 15.8. The molecule has 0 heterocycles. The Bertz CT molecular complexity index is 492. The van der Waals surface area contributed by atoms with Gasteiger partial charge in [-0.15, -0.1) is 0 Å². The van der Waals surface area contributed by atoms with E-state index in [1.807, 2.05) is 13.8 Å². The van der Waals surface area contributed by atoms with Gasteiger partial charge in [0, 0.05) is 6.54 Å². The Morgan fingerprint density at radius 2 is 2.05 bits per heavy atom. The first kappa shape index (κ1) is 16.9. The zero-order valence-electron chi connectivity index (χ0n) is 12.4. The number of amides is 3. The van der Waals surface area contributed by atoms with Crippen LogP contribution in [0, 0.1) is 11.7 Å². The Labute approximate surface area is 124 Å². The van der Waals surface area contributed by atoms with E-state index in [2.05, 4.69) is 10.6 Å². The quantitative estimate of drug-likeness (QED) is 0.713. The van der Waals surface area contributed by atoms with Gasteiger partial charge in [-0.05, 0) is 36.5 Å². The molecule has 5 nitrogen and oxygen atoms in total. The highest BCUT2D eigenvalue weighted by Crippen LogP contribution is 2.06. The Hall–Kier alpha value is -2.11. The number of hydrogen-bond acceptors (Lipinski definition) is 2. The van der Waals surface area contributed by atoms with E-state index in [4.69, 9.17) is 5.73 Å². The molecule has 0 aromatic heterocycles. The number of rotatable bonds is 7. The molecule has 0 aliphatic rings. The standard InChI is InChI=1S/C15H22FN3O2/c1-10(2)8-13(19-15(17)21)14(20)18-7-6-11-4-3-5-12(16)9-11/h3-5,9-10,13H,6-8H2,1-2H3,(H,18,20)(H3,17,19,21)/t13-/m1/s1. The number of halogens is 1. The van der Waals surface area contributed by atoms with Crippen molar-refractivity contribution in [2.45, 2.75) is 32.7 Å². The van der Waals surface area contributed by atoms with Crippen molar-refractivity contribution in [3.8, 4) is 0 Å². The predicted octanol–water partition coefficient (Wildman–Crippen LogP) is 1.57. The summed E-state index contributed by atoms with van der Waals surface area (Å²) in [6.07, 6.45) is 1.03. The molecule has 0 bridgehead atoms. The smallest absolute Gasteiger partial charge is 0.312 e. The normalized spacial score (nSPS) is 12.0. The highest BCUT2D eigenvalue weighted by Gasteiger charge is 2.20. The van der Waals surface area contributed by atoms with Crippen molar-refractivity contribution >= 4 is 11.9 Å². The molecule has 21 heavy (non-hydrogen) atoms. The van der Waals surface area contributed by atoms with Gasteiger partial charge in [-0.25, -0.2) is 9.18 Å². The third-order valence-electron chi connectivity index (χ3n) is 2.94. The van der Waals surface area contributed by atoms with Crippen molar-refractivity contribution in [3.05, 3.63) is 35.6 Å². The first-order chi connectivity index (χ1) is 9.88. The van der Waals surface area contributed by atoms with Crippen LogP contribution in [-0.2, 0) is 11.2 Å². The lowest BCUT2D eigenvalue weighted by Crippen LogP contribution is -2.49. The molecule has 0 saturated carbocycles. The second-order valence-electron chi connectivity index (χ2n) is 5.36. The van der Waals surface area contributed by atoms with Gasteiger partial charge >= 0.3 is 6.03 Å². The zero-order valence-corrected chi connectivity index (χ0v) is 12.4. The van der Waals surface area contributed by atoms with Crippen LogP contribution < -0.4 is 16.4 Å². The number of carbonyl (C=O) groups excluding carboxylic acids is 2. The minimum absolute atomic E-state index is 0.246. The first-order valence-electron chi connectivity index (χ1n) is 6.96. The van der Waals surface area contributed by atoms with Crippen LogP contribution in [-0.4, -0.2) is 24.5 Å². The number of hydrogen-bond donors (Lipinski definition) is 3. The van der Waals surface area contributed by atoms with Gasteiger partial charge in [0.25, 0.3) is 0 Å². The monoisotopic (exact) mass is 295 g/mol. The van der Waals surface area contributed by atoms with E-state index in [9.17, 15) is 14.0 Å². The summed E-state index contributed by atoms with van der Waals surface area (Å²) >= 11 is 0. The Morgan fingerprint density at radius 3 is 2.62 bits per heavy atom. The third kappa shape index (κ3) is 6.74. The molecule has 0 fully saturated rings. The molecule has 4 N–H and O–H groups in total. The highest BCUT2D eigenvalue weighted by atomic mass is 19.1. The molecule has 1 rings (SSSR count). The molecule has 0 aliphatic heterocycles. The van der Waals surface area contributed by atoms with Crippen molar-refractivity contribution in [2.75, 3.05) is 6.54 Å². The number of carbonyl (C=O) groups is 2. The molecule has 0 saturated heterocycles. The third-order valence-corrected chi connectivity index (χ3v) is 2.94. The van der Waals surface area contributed by atoms with E-state index < -0.39 is 12.1 Å². The summed E-state index contributed by atoms with van der Waals surface area (Å²) in [6, 6.07) is 4.86. The van der Waals surface area contributed by atoms with Crippen molar-refractivity contribution in [3.63, 3.8) is 0 Å². The van der Waals surface area contributed by atoms with Gasteiger partial charge < -0.3 is 16.4 Å². The van der Waals surface area contributed by atoms with Gasteiger partial charge in [0.1, 0.15) is 11.9 Å². The molecule has 0 unspecified atom stereocenters. The summed E-state index contributed by atoms with van der Waals surface area (Å²) in [6.45, 7) is 4.28. The number of nitrogens with two attached hydrogens (primary N) is 1. The fourth-order valence-electron chi connectivity index (χ4n) is 2.02. The van der Waals surface area contributed by atoms with Crippen LogP contribution in [0.15, 0.2) is 24.3 Å². The average Bonchev–Trinajstić information content (AvgIpc) is 2.36. The van der Waals surface area contributed by atoms with Gasteiger partial charge in [0.2, 0.25) is 5.91 Å². The fourth-order valence-corrected chi connectivity index (χ4v) is 2.02. The van der Waals surface area contributed by atoms with Crippen LogP contribution in [0.5, 0.6) is 0 Å². The summed E-state index contributed by atoms with van der Waals surface area (Å²) in [7, 11) is 0. The molecule has 0 aliphatic carbocycles. The van der Waals surface area contributed by atoms with Crippen molar-refractivity contribution in [1.29, 1.82) is 0 Å². The predicted molar refractivity (Wildman–Crippen MR) is 79.1 cm³/mol. The molecule has 0 spiro atoms. The van der Waals surface area contributed by atoms with Gasteiger partial charge in [-0.2, -0.15) is 0 Å². The van der Waals surface area contributed by atoms with E-state index >= 15 is 0 Å². The lowest BCUT2D eigenvalue weighted by Gasteiger charge is -2.19. The Balaban J connectivity index is 2.47. The van der Waals surface area contributed by atoms with Crippen LogP contribution in [0.2, 0.25) is 0 Å². The molecule has 1 aromatic rings. The van der Waals surface area contributed by atoms with Crippen LogP contribution in [0.1, 0.15) is 25.8 Å². The number of benzene rings is 1. The van der Waals surface area contributed by atoms with E-state index in [0.717, 1.165) is 5.56 Å². The maximum absolute atomic E-state index is 13.0. The average molecular weight is 295 g/mol. The first-order valence-corrected chi connectivity index (χ1v) is 6.96. The largest absolute Gasteiger partial charge is 0.354 e. The maximum Gasteiger partial charge on any atom is 0.312 e. The van der Waals surface area contributed by atoms with Crippen LogP contribution in [0.25, 0.3) is 0 Å². The summed E-state index contributed by atoms with van der Waals surface area (Å²) in [5, 5.41) is 5.17.